The van der Waals surface area contributed by atoms with Gasteiger partial charge in [-0.1, -0.05) is 24.8 Å². The van der Waals surface area contributed by atoms with Crippen LogP contribution in [0.2, 0.25) is 0 Å². The van der Waals surface area contributed by atoms with Crippen LogP contribution in [0.5, 0.6) is 0 Å². The van der Waals surface area contributed by atoms with Gasteiger partial charge in [0.05, 0.1) is 12.7 Å². The number of hydrogen-bond donors (Lipinski definition) is 0. The summed E-state index contributed by atoms with van der Waals surface area (Å²) in [7, 11) is 1.44. The van der Waals surface area contributed by atoms with E-state index in [1.54, 1.807) is 0 Å². The van der Waals surface area contributed by atoms with Crippen LogP contribution in [0.4, 0.5) is 0 Å². The smallest absolute Gasteiger partial charge is 0.338 e. The van der Waals surface area contributed by atoms with Crippen molar-refractivity contribution in [3.63, 3.8) is 0 Å². The summed E-state index contributed by atoms with van der Waals surface area (Å²) < 4.78 is 5.10. The Balaban J connectivity index is 2.35. The van der Waals surface area contributed by atoms with Gasteiger partial charge in [0.25, 0.3) is 0 Å². The molecule has 3 rings (SSSR count). The fourth-order valence-corrected chi connectivity index (χ4v) is 4.19. The molecular formula is C24H28O2. The number of benzene rings is 2. The summed E-state index contributed by atoms with van der Waals surface area (Å²) in [5, 5.41) is 0. The van der Waals surface area contributed by atoms with Crippen LogP contribution in [-0.2, 0) is 17.6 Å². The number of methoxy groups -OCH3 is 1. The van der Waals surface area contributed by atoms with Gasteiger partial charge in [-0.05, 0) is 103 Å². The van der Waals surface area contributed by atoms with E-state index in [1.807, 2.05) is 13.8 Å². The highest BCUT2D eigenvalue weighted by atomic mass is 16.5. The number of esters is 1. The number of aryl methyl sites for hydroxylation is 2. The van der Waals surface area contributed by atoms with Crippen LogP contribution in [0.1, 0.15) is 63.5 Å². The molecule has 0 N–H and O–H groups in total. The van der Waals surface area contributed by atoms with E-state index in [4.69, 9.17) is 4.74 Å². The van der Waals surface area contributed by atoms with Crippen molar-refractivity contribution in [2.24, 2.45) is 0 Å². The standard InChI is InChI=1S/C24H28O2/c1-14(2)21-22(16(4)15(3)17(5)23(21)24(25)26-6)20-12-11-18-9-7-8-10-19(18)13-20/h11-13H,1,7-10H2,2-6H3. The third-order valence-electron chi connectivity index (χ3n) is 5.83. The van der Waals surface area contributed by atoms with E-state index >= 15 is 0 Å². The monoisotopic (exact) mass is 348 g/mol. The highest BCUT2D eigenvalue weighted by molar-refractivity contribution is 6.01. The van der Waals surface area contributed by atoms with Gasteiger partial charge in [-0.25, -0.2) is 4.79 Å². The molecule has 0 fully saturated rings. The van der Waals surface area contributed by atoms with Crippen LogP contribution >= 0.6 is 0 Å². The Labute approximate surface area is 156 Å². The average molecular weight is 348 g/mol. The molecule has 0 aromatic heterocycles. The molecule has 0 bridgehead atoms. The lowest BCUT2D eigenvalue weighted by molar-refractivity contribution is 0.0599. The Kier molecular flexibility index (Phi) is 5.04. The summed E-state index contributed by atoms with van der Waals surface area (Å²) >= 11 is 0. The molecule has 2 aromatic rings. The molecule has 2 nitrogen and oxygen atoms in total. The number of hydrogen-bond acceptors (Lipinski definition) is 2. The molecule has 26 heavy (non-hydrogen) atoms. The lowest BCUT2D eigenvalue weighted by atomic mass is 9.81. The second-order valence-corrected chi connectivity index (χ2v) is 7.46. The fraction of sp³-hybridized carbons (Fsp3) is 0.375. The lowest BCUT2D eigenvalue weighted by Crippen LogP contribution is -2.12. The summed E-state index contributed by atoms with van der Waals surface area (Å²) in [6.07, 6.45) is 4.84. The SMILES string of the molecule is C=C(C)c1c(C(=O)OC)c(C)c(C)c(C)c1-c1ccc2c(c1)CCCC2. The normalized spacial score (nSPS) is 13.3. The van der Waals surface area contributed by atoms with Crippen LogP contribution < -0.4 is 0 Å². The first-order valence-corrected chi connectivity index (χ1v) is 9.37. The van der Waals surface area contributed by atoms with Crippen molar-refractivity contribution in [1.29, 1.82) is 0 Å². The largest absolute Gasteiger partial charge is 0.465 e. The molecule has 0 spiro atoms. The van der Waals surface area contributed by atoms with Gasteiger partial charge in [-0.3, -0.25) is 0 Å². The summed E-state index contributed by atoms with van der Waals surface area (Å²) in [5.74, 6) is -0.289. The predicted molar refractivity (Wildman–Crippen MR) is 109 cm³/mol. The van der Waals surface area contributed by atoms with Crippen molar-refractivity contribution in [1.82, 2.24) is 0 Å². The molecule has 0 radical (unpaired) electrons. The maximum absolute atomic E-state index is 12.6. The lowest BCUT2D eigenvalue weighted by Gasteiger charge is -2.23. The Morgan fingerprint density at radius 1 is 0.962 bits per heavy atom. The molecular weight excluding hydrogens is 320 g/mol. The van der Waals surface area contributed by atoms with Gasteiger partial charge in [-0.15, -0.1) is 0 Å². The summed E-state index contributed by atoms with van der Waals surface area (Å²) in [5.41, 5.74) is 11.0. The molecule has 0 saturated heterocycles. The zero-order valence-corrected chi connectivity index (χ0v) is 16.6. The van der Waals surface area contributed by atoms with Crippen LogP contribution in [-0.4, -0.2) is 13.1 Å². The predicted octanol–water partition coefficient (Wildman–Crippen LogP) is 5.98. The topological polar surface area (TPSA) is 26.3 Å². The van der Waals surface area contributed by atoms with E-state index in [0.717, 1.165) is 34.2 Å². The first-order valence-electron chi connectivity index (χ1n) is 9.37. The Morgan fingerprint density at radius 2 is 1.62 bits per heavy atom. The van der Waals surface area contributed by atoms with E-state index in [-0.39, 0.29) is 5.97 Å². The first-order chi connectivity index (χ1) is 12.4. The molecule has 0 atom stereocenters. The maximum atomic E-state index is 12.6. The minimum absolute atomic E-state index is 0.289. The Bertz CT molecular complexity index is 903. The highest BCUT2D eigenvalue weighted by Gasteiger charge is 2.24. The number of carbonyl (C=O) groups is 1. The van der Waals surface area contributed by atoms with Gasteiger partial charge in [0.2, 0.25) is 0 Å². The molecule has 0 amide bonds. The molecule has 0 saturated carbocycles. The maximum Gasteiger partial charge on any atom is 0.338 e. The first kappa shape index (κ1) is 18.4. The van der Waals surface area contributed by atoms with Crippen LogP contribution in [0.3, 0.4) is 0 Å². The van der Waals surface area contributed by atoms with Gasteiger partial charge >= 0.3 is 5.97 Å². The molecule has 2 heteroatoms. The molecule has 0 unspecified atom stereocenters. The third-order valence-corrected chi connectivity index (χ3v) is 5.83. The molecule has 136 valence electrons. The summed E-state index contributed by atoms with van der Waals surface area (Å²) in [6, 6.07) is 6.78. The number of rotatable bonds is 3. The van der Waals surface area contributed by atoms with Crippen LogP contribution in [0, 0.1) is 20.8 Å². The minimum Gasteiger partial charge on any atom is -0.465 e. The zero-order valence-electron chi connectivity index (χ0n) is 16.6. The van der Waals surface area contributed by atoms with Crippen LogP contribution in [0.25, 0.3) is 16.7 Å². The summed E-state index contributed by atoms with van der Waals surface area (Å²) in [4.78, 5) is 12.6. The van der Waals surface area contributed by atoms with Crippen molar-refractivity contribution in [3.8, 4) is 11.1 Å². The quantitative estimate of drug-likeness (QED) is 0.638. The second kappa shape index (κ2) is 7.11. The molecule has 0 heterocycles. The number of ether oxygens (including phenoxy) is 1. The fourth-order valence-electron chi connectivity index (χ4n) is 4.19. The Morgan fingerprint density at radius 3 is 2.23 bits per heavy atom. The van der Waals surface area contributed by atoms with E-state index in [9.17, 15) is 4.79 Å². The van der Waals surface area contributed by atoms with E-state index in [0.29, 0.717) is 5.56 Å². The number of allylic oxidation sites excluding steroid dienone is 1. The van der Waals surface area contributed by atoms with Gasteiger partial charge in [0.15, 0.2) is 0 Å². The van der Waals surface area contributed by atoms with Crippen molar-refractivity contribution >= 4 is 11.5 Å². The van der Waals surface area contributed by atoms with Crippen molar-refractivity contribution in [3.05, 3.63) is 63.7 Å². The zero-order chi connectivity index (χ0) is 19.0. The van der Waals surface area contributed by atoms with E-state index < -0.39 is 0 Å². The third kappa shape index (κ3) is 2.98. The van der Waals surface area contributed by atoms with Gasteiger partial charge < -0.3 is 4.74 Å². The van der Waals surface area contributed by atoms with Gasteiger partial charge in [0.1, 0.15) is 0 Å². The summed E-state index contributed by atoms with van der Waals surface area (Å²) in [6.45, 7) is 12.4. The molecule has 0 aliphatic heterocycles. The second-order valence-electron chi connectivity index (χ2n) is 7.46. The minimum atomic E-state index is -0.289. The van der Waals surface area contributed by atoms with Gasteiger partial charge in [-0.2, -0.15) is 0 Å². The van der Waals surface area contributed by atoms with E-state index in [2.05, 4.69) is 38.6 Å². The van der Waals surface area contributed by atoms with Gasteiger partial charge in [0, 0.05) is 0 Å². The Hall–Kier alpha value is -2.35. The molecule has 2 aromatic carbocycles. The van der Waals surface area contributed by atoms with Crippen molar-refractivity contribution < 1.29 is 9.53 Å². The van der Waals surface area contributed by atoms with Crippen molar-refractivity contribution in [2.75, 3.05) is 7.11 Å². The van der Waals surface area contributed by atoms with Crippen molar-refractivity contribution in [2.45, 2.75) is 53.4 Å². The highest BCUT2D eigenvalue weighted by Crippen LogP contribution is 2.39. The molecule has 1 aliphatic carbocycles. The number of carbonyl (C=O) groups excluding carboxylic acids is 1. The van der Waals surface area contributed by atoms with Crippen LogP contribution in [0.15, 0.2) is 24.8 Å². The van der Waals surface area contributed by atoms with E-state index in [1.165, 1.54) is 48.6 Å². The molecule has 1 aliphatic rings. The average Bonchev–Trinajstić information content (AvgIpc) is 2.64. The number of fused-ring (bicyclic) bond motifs is 1.